The molecule has 2 unspecified atom stereocenters. The highest BCUT2D eigenvalue weighted by Gasteiger charge is 2.27. The number of hydrogen-bond donors (Lipinski definition) is 4. The Morgan fingerprint density at radius 2 is 1.81 bits per heavy atom. The standard InChI is InChI=1S/C16H26F2N4O5/c1-2-11(14(24)20-10-6-7-10)21-13(23)9-19-16(26)22-12(15(25)27-18)5-3-4-8-17/h10-12H,2-9H2,1H3,(H,20,24)(H,21,23)(H2,19,22,26). The van der Waals surface area contributed by atoms with Gasteiger partial charge in [-0.25, -0.2) is 9.59 Å². The molecular formula is C16H26F2N4O5. The van der Waals surface area contributed by atoms with Crippen molar-refractivity contribution in [2.45, 2.75) is 63.6 Å². The predicted molar refractivity (Wildman–Crippen MR) is 90.7 cm³/mol. The van der Waals surface area contributed by atoms with Crippen molar-refractivity contribution in [2.24, 2.45) is 0 Å². The lowest BCUT2D eigenvalue weighted by Crippen LogP contribution is -2.52. The molecule has 0 aromatic carbocycles. The summed E-state index contributed by atoms with van der Waals surface area (Å²) >= 11 is 0. The summed E-state index contributed by atoms with van der Waals surface area (Å²) in [5.74, 6) is -2.18. The molecule has 0 aromatic heterocycles. The van der Waals surface area contributed by atoms with E-state index in [1.54, 1.807) is 6.92 Å². The Balaban J connectivity index is 2.37. The first-order valence-electron chi connectivity index (χ1n) is 8.93. The minimum atomic E-state index is -1.31. The Morgan fingerprint density at radius 1 is 1.11 bits per heavy atom. The normalized spacial score (nSPS) is 15.2. The molecule has 4 N–H and O–H groups in total. The summed E-state index contributed by atoms with van der Waals surface area (Å²) < 4.78 is 24.2. The van der Waals surface area contributed by atoms with E-state index in [1.807, 2.05) is 0 Å². The van der Waals surface area contributed by atoms with Gasteiger partial charge in [0.15, 0.2) is 0 Å². The summed E-state index contributed by atoms with van der Waals surface area (Å²) in [5.41, 5.74) is 0. The second-order valence-electron chi connectivity index (χ2n) is 6.27. The quantitative estimate of drug-likeness (QED) is 0.358. The van der Waals surface area contributed by atoms with Gasteiger partial charge in [-0.2, -0.15) is 0 Å². The number of amides is 4. The summed E-state index contributed by atoms with van der Waals surface area (Å²) in [4.78, 5) is 50.0. The Bertz CT molecular complexity index is 531. The molecule has 11 heteroatoms. The second kappa shape index (κ2) is 12.0. The van der Waals surface area contributed by atoms with Gasteiger partial charge in [-0.3, -0.25) is 18.9 Å². The number of urea groups is 1. The van der Waals surface area contributed by atoms with Crippen molar-refractivity contribution >= 4 is 23.8 Å². The summed E-state index contributed by atoms with van der Waals surface area (Å²) in [7, 11) is 0. The molecule has 1 fully saturated rings. The molecule has 1 aliphatic carbocycles. The minimum absolute atomic E-state index is 0.00840. The third-order valence-electron chi connectivity index (χ3n) is 3.94. The fourth-order valence-electron chi connectivity index (χ4n) is 2.24. The van der Waals surface area contributed by atoms with Crippen molar-refractivity contribution in [1.29, 1.82) is 0 Å². The Kier molecular flexibility index (Phi) is 10.1. The van der Waals surface area contributed by atoms with Crippen LogP contribution in [-0.2, 0) is 19.3 Å². The third kappa shape index (κ3) is 9.15. The summed E-state index contributed by atoms with van der Waals surface area (Å²) in [6.45, 7) is 0.694. The summed E-state index contributed by atoms with van der Waals surface area (Å²) in [6, 6.07) is -2.73. The Hall–Kier alpha value is -2.46. The van der Waals surface area contributed by atoms with Gasteiger partial charge in [0.05, 0.1) is 13.2 Å². The van der Waals surface area contributed by atoms with Crippen LogP contribution in [0.25, 0.3) is 0 Å². The first-order valence-corrected chi connectivity index (χ1v) is 8.93. The maximum Gasteiger partial charge on any atom is 0.370 e. The fourth-order valence-corrected chi connectivity index (χ4v) is 2.24. The lowest BCUT2D eigenvalue weighted by atomic mass is 10.1. The van der Waals surface area contributed by atoms with Crippen LogP contribution in [0.15, 0.2) is 0 Å². The molecule has 1 rings (SSSR count). The lowest BCUT2D eigenvalue weighted by molar-refractivity contribution is -0.186. The predicted octanol–water partition coefficient (Wildman–Crippen LogP) is 0.395. The van der Waals surface area contributed by atoms with E-state index in [1.165, 1.54) is 0 Å². The van der Waals surface area contributed by atoms with Gasteiger partial charge in [-0.1, -0.05) is 6.92 Å². The van der Waals surface area contributed by atoms with E-state index in [4.69, 9.17) is 0 Å². The molecule has 4 amide bonds. The number of rotatable bonds is 12. The summed E-state index contributed by atoms with van der Waals surface area (Å²) in [5, 5.41) is 9.64. The molecule has 154 valence electrons. The van der Waals surface area contributed by atoms with Crippen LogP contribution in [0.1, 0.15) is 45.4 Å². The zero-order valence-corrected chi connectivity index (χ0v) is 15.2. The molecule has 0 radical (unpaired) electrons. The van der Waals surface area contributed by atoms with E-state index >= 15 is 0 Å². The molecule has 0 saturated heterocycles. The molecular weight excluding hydrogens is 366 g/mol. The highest BCUT2D eigenvalue weighted by Crippen LogP contribution is 2.18. The average molecular weight is 392 g/mol. The van der Waals surface area contributed by atoms with Gasteiger partial charge in [0.1, 0.15) is 12.1 Å². The molecule has 0 bridgehead atoms. The molecule has 0 aliphatic heterocycles. The summed E-state index contributed by atoms with van der Waals surface area (Å²) in [6.07, 6.45) is 2.62. The lowest BCUT2D eigenvalue weighted by Gasteiger charge is -2.18. The Labute approximate surface area is 155 Å². The smallest absolute Gasteiger partial charge is 0.352 e. The van der Waals surface area contributed by atoms with Crippen LogP contribution in [0, 0.1) is 0 Å². The van der Waals surface area contributed by atoms with Gasteiger partial charge in [0.2, 0.25) is 11.8 Å². The van der Waals surface area contributed by atoms with Gasteiger partial charge in [0.25, 0.3) is 0 Å². The number of unbranched alkanes of at least 4 members (excludes halogenated alkanes) is 1. The maximum absolute atomic E-state index is 12.1. The van der Waals surface area contributed by atoms with E-state index in [0.29, 0.717) is 6.42 Å². The fraction of sp³-hybridized carbons (Fsp3) is 0.750. The molecule has 27 heavy (non-hydrogen) atoms. The van der Waals surface area contributed by atoms with Gasteiger partial charge < -0.3 is 21.3 Å². The first kappa shape index (κ1) is 22.6. The van der Waals surface area contributed by atoms with Crippen molar-refractivity contribution in [1.82, 2.24) is 21.3 Å². The molecule has 0 heterocycles. The van der Waals surface area contributed by atoms with Gasteiger partial charge in [-0.05, 0) is 38.5 Å². The van der Waals surface area contributed by atoms with Crippen LogP contribution in [0.4, 0.5) is 13.7 Å². The van der Waals surface area contributed by atoms with Crippen LogP contribution in [0.5, 0.6) is 0 Å². The number of alkyl halides is 1. The van der Waals surface area contributed by atoms with Crippen LogP contribution >= 0.6 is 0 Å². The monoisotopic (exact) mass is 392 g/mol. The number of carbonyl (C=O) groups is 4. The van der Waals surface area contributed by atoms with Crippen molar-refractivity contribution in [3.05, 3.63) is 0 Å². The van der Waals surface area contributed by atoms with Gasteiger partial charge in [0, 0.05) is 10.6 Å². The molecule has 0 aromatic rings. The average Bonchev–Trinajstić information content (AvgIpc) is 3.46. The van der Waals surface area contributed by atoms with E-state index < -0.39 is 43.2 Å². The zero-order valence-electron chi connectivity index (χ0n) is 15.2. The number of halogens is 2. The van der Waals surface area contributed by atoms with E-state index in [-0.39, 0.29) is 31.2 Å². The minimum Gasteiger partial charge on any atom is -0.352 e. The van der Waals surface area contributed by atoms with Gasteiger partial charge >= 0.3 is 12.0 Å². The number of hydrogen-bond acceptors (Lipinski definition) is 5. The highest BCUT2D eigenvalue weighted by molar-refractivity contribution is 5.90. The topological polar surface area (TPSA) is 126 Å². The molecule has 2 atom stereocenters. The molecule has 1 saturated carbocycles. The Morgan fingerprint density at radius 3 is 2.37 bits per heavy atom. The number of carbonyl (C=O) groups excluding carboxylic acids is 4. The van der Waals surface area contributed by atoms with Crippen molar-refractivity contribution in [3.8, 4) is 0 Å². The van der Waals surface area contributed by atoms with Crippen LogP contribution in [-0.4, -0.2) is 55.2 Å². The van der Waals surface area contributed by atoms with E-state index in [0.717, 1.165) is 12.8 Å². The highest BCUT2D eigenvalue weighted by atomic mass is 19.3. The van der Waals surface area contributed by atoms with Crippen LogP contribution in [0.3, 0.4) is 0 Å². The largest absolute Gasteiger partial charge is 0.370 e. The van der Waals surface area contributed by atoms with E-state index in [9.17, 15) is 28.1 Å². The first-order chi connectivity index (χ1) is 12.9. The maximum atomic E-state index is 12.1. The van der Waals surface area contributed by atoms with Gasteiger partial charge in [-0.15, -0.1) is 0 Å². The zero-order chi connectivity index (χ0) is 20.2. The van der Waals surface area contributed by atoms with E-state index in [2.05, 4.69) is 26.2 Å². The van der Waals surface area contributed by atoms with Crippen LogP contribution < -0.4 is 21.3 Å². The molecule has 0 spiro atoms. The molecule has 9 nitrogen and oxygen atoms in total. The van der Waals surface area contributed by atoms with Crippen molar-refractivity contribution < 1.29 is 33.0 Å². The van der Waals surface area contributed by atoms with Crippen molar-refractivity contribution in [2.75, 3.05) is 13.2 Å². The second-order valence-corrected chi connectivity index (χ2v) is 6.27. The van der Waals surface area contributed by atoms with Crippen LogP contribution in [0.2, 0.25) is 0 Å². The SMILES string of the molecule is CCC(NC(=O)CNC(=O)NC(CCCCF)C(=O)OF)C(=O)NC1CC1. The number of nitrogens with one attached hydrogen (secondary N) is 4. The van der Waals surface area contributed by atoms with Crippen molar-refractivity contribution in [3.63, 3.8) is 0 Å². The molecule has 1 aliphatic rings. The third-order valence-corrected chi connectivity index (χ3v) is 3.94.